The molecule has 74 valence electrons. The molecule has 1 aromatic carbocycles. The van der Waals surface area contributed by atoms with Crippen LogP contribution < -0.4 is 5.14 Å². The molecule has 0 amide bonds. The summed E-state index contributed by atoms with van der Waals surface area (Å²) in [5.41, 5.74) is 0.220. The van der Waals surface area contributed by atoms with Gasteiger partial charge in [-0.1, -0.05) is 0 Å². The van der Waals surface area contributed by atoms with Crippen LogP contribution in [-0.2, 0) is 10.0 Å². The van der Waals surface area contributed by atoms with Crippen molar-refractivity contribution < 1.29 is 8.42 Å². The van der Waals surface area contributed by atoms with Crippen LogP contribution in [0, 0.1) is 11.3 Å². The van der Waals surface area contributed by atoms with Crippen molar-refractivity contribution in [1.29, 1.82) is 5.26 Å². The average Bonchev–Trinajstić information content (AvgIpc) is 2.02. The molecule has 0 aliphatic rings. The smallest absolute Gasteiger partial charge is 0.225 e. The van der Waals surface area contributed by atoms with E-state index in [0.29, 0.717) is 8.95 Å². The first kappa shape index (κ1) is 11.7. The summed E-state index contributed by atoms with van der Waals surface area (Å²) in [6.07, 6.45) is 0. The lowest BCUT2D eigenvalue weighted by molar-refractivity contribution is 0.597. The number of primary sulfonamides is 1. The van der Waals surface area contributed by atoms with Gasteiger partial charge in [-0.05, 0) is 44.0 Å². The van der Waals surface area contributed by atoms with Gasteiger partial charge in [0.05, 0.1) is 10.5 Å². The van der Waals surface area contributed by atoms with E-state index in [9.17, 15) is 8.42 Å². The lowest BCUT2D eigenvalue weighted by Crippen LogP contribution is -2.13. The van der Waals surface area contributed by atoms with Crippen LogP contribution in [0.2, 0.25) is 0 Å². The van der Waals surface area contributed by atoms with Gasteiger partial charge < -0.3 is 0 Å². The van der Waals surface area contributed by atoms with Gasteiger partial charge in [-0.25, -0.2) is 13.6 Å². The van der Waals surface area contributed by atoms with Crippen LogP contribution in [0.25, 0.3) is 0 Å². The standard InChI is InChI=1S/C7H4Br2N2O2S/c8-5-2-6(9)7(14(11,12)13)1-4(5)3-10/h1-2H,(H2,11,12,13). The molecule has 0 aliphatic carbocycles. The average molecular weight is 340 g/mol. The summed E-state index contributed by atoms with van der Waals surface area (Å²) >= 11 is 6.17. The Balaban J connectivity index is 3.58. The molecule has 0 fully saturated rings. The maximum atomic E-state index is 11.1. The molecule has 0 saturated carbocycles. The summed E-state index contributed by atoms with van der Waals surface area (Å²) in [5, 5.41) is 13.6. The summed E-state index contributed by atoms with van der Waals surface area (Å²) in [4.78, 5) is -0.0998. The van der Waals surface area contributed by atoms with E-state index >= 15 is 0 Å². The Bertz CT molecular complexity index is 519. The van der Waals surface area contributed by atoms with Crippen LogP contribution in [0.4, 0.5) is 0 Å². The van der Waals surface area contributed by atoms with E-state index in [1.165, 1.54) is 12.1 Å². The normalized spacial score (nSPS) is 11.0. The Labute approximate surface area is 98.0 Å². The highest BCUT2D eigenvalue weighted by Gasteiger charge is 2.15. The third-order valence-corrected chi connectivity index (χ3v) is 3.97. The van der Waals surface area contributed by atoms with E-state index < -0.39 is 10.0 Å². The Morgan fingerprint density at radius 3 is 2.29 bits per heavy atom. The second-order valence-corrected chi connectivity index (χ2v) is 5.66. The number of halogens is 2. The Morgan fingerprint density at radius 1 is 1.29 bits per heavy atom. The van der Waals surface area contributed by atoms with Gasteiger partial charge in [0.15, 0.2) is 0 Å². The predicted molar refractivity (Wildman–Crippen MR) is 57.9 cm³/mol. The van der Waals surface area contributed by atoms with Gasteiger partial charge in [-0.15, -0.1) is 0 Å². The summed E-state index contributed by atoms with van der Waals surface area (Å²) in [5.74, 6) is 0. The molecule has 0 spiro atoms. The molecule has 0 saturated heterocycles. The molecule has 0 bridgehead atoms. The second kappa shape index (κ2) is 3.98. The van der Waals surface area contributed by atoms with Crippen molar-refractivity contribution >= 4 is 41.9 Å². The summed E-state index contributed by atoms with van der Waals surface area (Å²) in [6, 6.07) is 4.53. The fourth-order valence-electron chi connectivity index (χ4n) is 0.833. The highest BCUT2D eigenvalue weighted by molar-refractivity contribution is 9.11. The third kappa shape index (κ3) is 2.33. The molecule has 0 radical (unpaired) electrons. The quantitative estimate of drug-likeness (QED) is 0.845. The number of nitrogens with two attached hydrogens (primary N) is 1. The van der Waals surface area contributed by atoms with Crippen molar-refractivity contribution in [1.82, 2.24) is 0 Å². The van der Waals surface area contributed by atoms with E-state index in [4.69, 9.17) is 10.4 Å². The number of sulfonamides is 1. The minimum atomic E-state index is -3.80. The highest BCUT2D eigenvalue weighted by Crippen LogP contribution is 2.27. The molecule has 1 rings (SSSR count). The van der Waals surface area contributed by atoms with Crippen LogP contribution >= 0.6 is 31.9 Å². The molecule has 2 N–H and O–H groups in total. The first-order chi connectivity index (χ1) is 6.36. The number of hydrogen-bond acceptors (Lipinski definition) is 3. The fraction of sp³-hybridized carbons (Fsp3) is 0. The van der Waals surface area contributed by atoms with E-state index in [2.05, 4.69) is 31.9 Å². The molecule has 0 aliphatic heterocycles. The molecule has 1 aromatic rings. The number of rotatable bonds is 1. The van der Waals surface area contributed by atoms with Crippen molar-refractivity contribution in [2.75, 3.05) is 0 Å². The molecule has 0 heterocycles. The zero-order valence-corrected chi connectivity index (χ0v) is 10.6. The zero-order valence-electron chi connectivity index (χ0n) is 6.66. The zero-order chi connectivity index (χ0) is 10.9. The largest absolute Gasteiger partial charge is 0.239 e. The van der Waals surface area contributed by atoms with Crippen molar-refractivity contribution in [3.8, 4) is 6.07 Å². The SMILES string of the molecule is N#Cc1cc(S(N)(=O)=O)c(Br)cc1Br. The van der Waals surface area contributed by atoms with Crippen molar-refractivity contribution in [2.24, 2.45) is 5.14 Å². The van der Waals surface area contributed by atoms with E-state index in [-0.39, 0.29) is 10.5 Å². The minimum Gasteiger partial charge on any atom is -0.225 e. The van der Waals surface area contributed by atoms with Crippen LogP contribution in [-0.4, -0.2) is 8.42 Å². The van der Waals surface area contributed by atoms with Gasteiger partial charge in [0.1, 0.15) is 6.07 Å². The van der Waals surface area contributed by atoms with Crippen LogP contribution in [0.5, 0.6) is 0 Å². The van der Waals surface area contributed by atoms with Crippen molar-refractivity contribution in [3.63, 3.8) is 0 Å². The Hall–Kier alpha value is -0.420. The maximum Gasteiger partial charge on any atom is 0.239 e. The van der Waals surface area contributed by atoms with Crippen LogP contribution in [0.15, 0.2) is 26.0 Å². The van der Waals surface area contributed by atoms with Gasteiger partial charge in [-0.3, -0.25) is 0 Å². The Kier molecular flexibility index (Phi) is 3.32. The fourth-order valence-corrected chi connectivity index (χ4v) is 3.21. The lowest BCUT2D eigenvalue weighted by Gasteiger charge is -2.03. The summed E-state index contributed by atoms with van der Waals surface area (Å²) in [6.45, 7) is 0. The molecule has 0 unspecified atom stereocenters. The van der Waals surface area contributed by atoms with Gasteiger partial charge in [0.2, 0.25) is 10.0 Å². The van der Waals surface area contributed by atoms with Crippen LogP contribution in [0.3, 0.4) is 0 Å². The summed E-state index contributed by atoms with van der Waals surface area (Å²) < 4.78 is 23.0. The second-order valence-electron chi connectivity index (χ2n) is 2.42. The Morgan fingerprint density at radius 2 is 1.86 bits per heavy atom. The topological polar surface area (TPSA) is 83.9 Å². The maximum absolute atomic E-state index is 11.1. The molecule has 4 nitrogen and oxygen atoms in total. The summed E-state index contributed by atoms with van der Waals surface area (Å²) in [7, 11) is -3.80. The lowest BCUT2D eigenvalue weighted by atomic mass is 10.2. The van der Waals surface area contributed by atoms with E-state index in [1.807, 2.05) is 6.07 Å². The first-order valence-corrected chi connectivity index (χ1v) is 6.41. The number of benzene rings is 1. The van der Waals surface area contributed by atoms with E-state index in [1.54, 1.807) is 0 Å². The molecule has 7 heteroatoms. The number of nitrogens with zero attached hydrogens (tertiary/aromatic N) is 1. The predicted octanol–water partition coefficient (Wildman–Crippen LogP) is 1.73. The molecular weight excluding hydrogens is 336 g/mol. The number of nitriles is 1. The monoisotopic (exact) mass is 338 g/mol. The van der Waals surface area contributed by atoms with Gasteiger partial charge in [-0.2, -0.15) is 5.26 Å². The van der Waals surface area contributed by atoms with Crippen molar-refractivity contribution in [3.05, 3.63) is 26.6 Å². The van der Waals surface area contributed by atoms with Gasteiger partial charge in [0.25, 0.3) is 0 Å². The molecule has 0 aromatic heterocycles. The van der Waals surface area contributed by atoms with Gasteiger partial charge >= 0.3 is 0 Å². The van der Waals surface area contributed by atoms with Gasteiger partial charge in [0, 0.05) is 8.95 Å². The van der Waals surface area contributed by atoms with E-state index in [0.717, 1.165) is 0 Å². The minimum absolute atomic E-state index is 0.0998. The molecular formula is C7H4Br2N2O2S. The third-order valence-electron chi connectivity index (χ3n) is 1.45. The highest BCUT2D eigenvalue weighted by atomic mass is 79.9. The van der Waals surface area contributed by atoms with Crippen molar-refractivity contribution in [2.45, 2.75) is 4.90 Å². The first-order valence-electron chi connectivity index (χ1n) is 3.28. The molecule has 14 heavy (non-hydrogen) atoms. The molecule has 0 atom stereocenters. The number of hydrogen-bond donors (Lipinski definition) is 1. The van der Waals surface area contributed by atoms with Crippen LogP contribution in [0.1, 0.15) is 5.56 Å².